The fourth-order valence-corrected chi connectivity index (χ4v) is 3.24. The highest BCUT2D eigenvalue weighted by Gasteiger charge is 2.29. The molecule has 2 fully saturated rings. The Morgan fingerprint density at radius 2 is 1.89 bits per heavy atom. The zero-order valence-electron chi connectivity index (χ0n) is 11.8. The van der Waals surface area contributed by atoms with Gasteiger partial charge in [0.05, 0.1) is 6.54 Å². The normalized spacial score (nSPS) is 22.6. The number of piperazine rings is 1. The monoisotopic (exact) mass is 253 g/mol. The summed E-state index contributed by atoms with van der Waals surface area (Å²) in [4.78, 5) is 16.9. The van der Waals surface area contributed by atoms with Gasteiger partial charge in [-0.2, -0.15) is 0 Å². The van der Waals surface area contributed by atoms with Crippen LogP contribution >= 0.6 is 0 Å². The third-order valence-electron chi connectivity index (χ3n) is 4.13. The molecule has 1 aliphatic heterocycles. The summed E-state index contributed by atoms with van der Waals surface area (Å²) in [6.45, 7) is 8.93. The minimum Gasteiger partial charge on any atom is -0.336 e. The molecule has 2 aliphatic rings. The Morgan fingerprint density at radius 1 is 1.28 bits per heavy atom. The van der Waals surface area contributed by atoms with E-state index in [1.807, 2.05) is 0 Å². The largest absolute Gasteiger partial charge is 0.336 e. The van der Waals surface area contributed by atoms with Crippen LogP contribution in [0.1, 0.15) is 39.5 Å². The molecule has 1 amide bonds. The van der Waals surface area contributed by atoms with E-state index in [9.17, 15) is 4.79 Å². The van der Waals surface area contributed by atoms with Crippen molar-refractivity contribution in [3.05, 3.63) is 0 Å². The van der Waals surface area contributed by atoms with Crippen LogP contribution in [0.25, 0.3) is 0 Å². The van der Waals surface area contributed by atoms with Crippen molar-refractivity contribution in [2.45, 2.75) is 51.6 Å². The molecule has 0 aromatic heterocycles. The number of hydrogen-bond acceptors (Lipinski definition) is 3. The van der Waals surface area contributed by atoms with Crippen molar-refractivity contribution in [1.29, 1.82) is 0 Å². The van der Waals surface area contributed by atoms with E-state index in [1.54, 1.807) is 0 Å². The van der Waals surface area contributed by atoms with Gasteiger partial charge in [-0.05, 0) is 26.7 Å². The quantitative estimate of drug-likeness (QED) is 0.814. The van der Waals surface area contributed by atoms with Gasteiger partial charge in [-0.25, -0.2) is 0 Å². The van der Waals surface area contributed by atoms with Crippen molar-refractivity contribution in [2.75, 3.05) is 32.7 Å². The Bertz CT molecular complexity index is 268. The summed E-state index contributed by atoms with van der Waals surface area (Å²) in [6, 6.07) is 0.837. The molecule has 0 atom stereocenters. The molecule has 4 heteroatoms. The van der Waals surface area contributed by atoms with Crippen molar-refractivity contribution >= 4 is 5.91 Å². The third kappa shape index (κ3) is 3.45. The smallest absolute Gasteiger partial charge is 0.237 e. The zero-order valence-corrected chi connectivity index (χ0v) is 11.8. The van der Waals surface area contributed by atoms with E-state index >= 15 is 0 Å². The van der Waals surface area contributed by atoms with E-state index in [-0.39, 0.29) is 0 Å². The van der Waals surface area contributed by atoms with E-state index in [2.05, 4.69) is 29.0 Å². The molecule has 0 unspecified atom stereocenters. The van der Waals surface area contributed by atoms with Crippen LogP contribution in [0.15, 0.2) is 0 Å². The first-order valence-electron chi connectivity index (χ1n) is 7.42. The lowest BCUT2D eigenvalue weighted by molar-refractivity contribution is -0.136. The average Bonchev–Trinajstić information content (AvgIpc) is 2.83. The van der Waals surface area contributed by atoms with Gasteiger partial charge in [0.15, 0.2) is 0 Å². The predicted octanol–water partition coefficient (Wildman–Crippen LogP) is 1.07. The molecule has 2 rings (SSSR count). The molecule has 1 saturated heterocycles. The van der Waals surface area contributed by atoms with Gasteiger partial charge in [-0.3, -0.25) is 9.69 Å². The number of nitrogens with one attached hydrogen (secondary N) is 1. The Labute approximate surface area is 111 Å². The van der Waals surface area contributed by atoms with Gasteiger partial charge in [0.2, 0.25) is 5.91 Å². The Morgan fingerprint density at radius 3 is 2.44 bits per heavy atom. The summed E-state index contributed by atoms with van der Waals surface area (Å²) in [6.07, 6.45) is 4.97. The molecule has 1 heterocycles. The van der Waals surface area contributed by atoms with E-state index in [0.717, 1.165) is 26.2 Å². The molecule has 0 aromatic rings. The molecule has 0 radical (unpaired) electrons. The van der Waals surface area contributed by atoms with Crippen LogP contribution < -0.4 is 5.32 Å². The van der Waals surface area contributed by atoms with Gasteiger partial charge in [-0.15, -0.1) is 0 Å². The summed E-state index contributed by atoms with van der Waals surface area (Å²) in [5, 5.41) is 3.33. The Balaban J connectivity index is 1.90. The topological polar surface area (TPSA) is 35.6 Å². The molecule has 0 spiro atoms. The van der Waals surface area contributed by atoms with E-state index in [0.29, 0.717) is 24.5 Å². The summed E-state index contributed by atoms with van der Waals surface area (Å²) >= 11 is 0. The van der Waals surface area contributed by atoms with Crippen molar-refractivity contribution < 1.29 is 4.79 Å². The van der Waals surface area contributed by atoms with Crippen LogP contribution in [0, 0.1) is 0 Å². The second-order valence-electron chi connectivity index (χ2n) is 5.86. The van der Waals surface area contributed by atoms with Crippen LogP contribution in [0.4, 0.5) is 0 Å². The van der Waals surface area contributed by atoms with Crippen LogP contribution in [-0.4, -0.2) is 60.5 Å². The summed E-state index contributed by atoms with van der Waals surface area (Å²) in [7, 11) is 0. The van der Waals surface area contributed by atoms with Crippen LogP contribution in [-0.2, 0) is 4.79 Å². The fourth-order valence-electron chi connectivity index (χ4n) is 3.24. The molecule has 4 nitrogen and oxygen atoms in total. The molecule has 104 valence electrons. The van der Waals surface area contributed by atoms with Gasteiger partial charge >= 0.3 is 0 Å². The number of amides is 1. The number of carbonyl (C=O) groups is 1. The lowest BCUT2D eigenvalue weighted by atomic mass is 10.1. The highest BCUT2D eigenvalue weighted by Crippen LogP contribution is 2.25. The second kappa shape index (κ2) is 6.53. The van der Waals surface area contributed by atoms with Crippen molar-refractivity contribution in [3.8, 4) is 0 Å². The maximum absolute atomic E-state index is 12.5. The minimum atomic E-state index is 0.332. The van der Waals surface area contributed by atoms with Crippen LogP contribution in [0.3, 0.4) is 0 Å². The molecule has 18 heavy (non-hydrogen) atoms. The SMILES string of the molecule is CC(C)N(C(=O)CN1CCNCC1)C1CCCC1. The van der Waals surface area contributed by atoms with Crippen LogP contribution in [0.2, 0.25) is 0 Å². The first kappa shape index (κ1) is 13.8. The summed E-state index contributed by atoms with van der Waals surface area (Å²) < 4.78 is 0. The van der Waals surface area contributed by atoms with E-state index in [1.165, 1.54) is 25.7 Å². The number of rotatable bonds is 4. The lowest BCUT2D eigenvalue weighted by Gasteiger charge is -2.35. The van der Waals surface area contributed by atoms with Gasteiger partial charge in [0.25, 0.3) is 0 Å². The second-order valence-corrected chi connectivity index (χ2v) is 5.86. The predicted molar refractivity (Wildman–Crippen MR) is 73.5 cm³/mol. The van der Waals surface area contributed by atoms with Crippen molar-refractivity contribution in [2.24, 2.45) is 0 Å². The highest BCUT2D eigenvalue weighted by atomic mass is 16.2. The van der Waals surface area contributed by atoms with Gasteiger partial charge in [0, 0.05) is 38.3 Å². The standard InChI is InChI=1S/C14H27N3O/c1-12(2)17(13-5-3-4-6-13)14(18)11-16-9-7-15-8-10-16/h12-13,15H,3-11H2,1-2H3. The molecular weight excluding hydrogens is 226 g/mol. The van der Waals surface area contributed by atoms with Crippen LogP contribution in [0.5, 0.6) is 0 Å². The summed E-state index contributed by atoms with van der Waals surface area (Å²) in [5.74, 6) is 0.332. The molecule has 1 aliphatic carbocycles. The Kier molecular flexibility index (Phi) is 5.01. The average molecular weight is 253 g/mol. The molecule has 1 N–H and O–H groups in total. The highest BCUT2D eigenvalue weighted by molar-refractivity contribution is 5.79. The fraction of sp³-hybridized carbons (Fsp3) is 0.929. The maximum Gasteiger partial charge on any atom is 0.237 e. The number of hydrogen-bond donors (Lipinski definition) is 1. The van der Waals surface area contributed by atoms with E-state index < -0.39 is 0 Å². The minimum absolute atomic E-state index is 0.332. The maximum atomic E-state index is 12.5. The van der Waals surface area contributed by atoms with Gasteiger partial charge in [0.1, 0.15) is 0 Å². The zero-order chi connectivity index (χ0) is 13.0. The van der Waals surface area contributed by atoms with Gasteiger partial charge < -0.3 is 10.2 Å². The molecular formula is C14H27N3O. The van der Waals surface area contributed by atoms with Gasteiger partial charge in [-0.1, -0.05) is 12.8 Å². The first-order chi connectivity index (χ1) is 8.68. The first-order valence-corrected chi connectivity index (χ1v) is 7.42. The lowest BCUT2D eigenvalue weighted by Crippen LogP contribution is -2.51. The molecule has 1 saturated carbocycles. The molecule has 0 aromatic carbocycles. The van der Waals surface area contributed by atoms with Crippen molar-refractivity contribution in [3.63, 3.8) is 0 Å². The number of nitrogens with zero attached hydrogens (tertiary/aromatic N) is 2. The third-order valence-corrected chi connectivity index (χ3v) is 4.13. The van der Waals surface area contributed by atoms with Crippen molar-refractivity contribution in [1.82, 2.24) is 15.1 Å². The molecule has 0 bridgehead atoms. The number of carbonyl (C=O) groups excluding carboxylic acids is 1. The Hall–Kier alpha value is -0.610. The summed E-state index contributed by atoms with van der Waals surface area (Å²) in [5.41, 5.74) is 0. The van der Waals surface area contributed by atoms with E-state index in [4.69, 9.17) is 0 Å².